The van der Waals surface area contributed by atoms with Crippen molar-refractivity contribution in [2.45, 2.75) is 39.9 Å². The minimum atomic E-state index is 0.0402. The molecule has 0 spiro atoms. The summed E-state index contributed by atoms with van der Waals surface area (Å²) in [7, 11) is 0. The van der Waals surface area contributed by atoms with Crippen LogP contribution in [-0.2, 0) is 0 Å². The van der Waals surface area contributed by atoms with E-state index in [1.165, 1.54) is 0 Å². The predicted octanol–water partition coefficient (Wildman–Crippen LogP) is 6.21. The maximum Gasteiger partial charge on any atom is 0.170 e. The molecule has 3 aromatic carbocycles. The molecule has 0 heterocycles. The molecule has 0 atom stereocenters. The molecule has 0 N–H and O–H groups in total. The topological polar surface area (TPSA) is 27.7 Å². The van der Waals surface area contributed by atoms with Crippen LogP contribution in [0.3, 0.4) is 0 Å². The van der Waals surface area contributed by atoms with Crippen molar-refractivity contribution < 1.29 is 14.2 Å². The second-order valence-corrected chi connectivity index (χ2v) is 6.49. The van der Waals surface area contributed by atoms with Crippen LogP contribution in [0.1, 0.15) is 27.7 Å². The normalized spacial score (nSPS) is 11.1. The summed E-state index contributed by atoms with van der Waals surface area (Å²) in [6.07, 6.45) is 0.152. The SMILES string of the molecule is CC(C)Oc1cccc2c(OC(C)C)c(Oc3ccccc3)ccc12. The fourth-order valence-electron chi connectivity index (χ4n) is 2.69. The smallest absolute Gasteiger partial charge is 0.170 e. The average Bonchev–Trinajstić information content (AvgIpc) is 2.57. The van der Waals surface area contributed by atoms with Gasteiger partial charge in [-0.3, -0.25) is 0 Å². The van der Waals surface area contributed by atoms with Crippen LogP contribution in [-0.4, -0.2) is 12.2 Å². The highest BCUT2D eigenvalue weighted by molar-refractivity contribution is 5.95. The van der Waals surface area contributed by atoms with Gasteiger partial charge in [0.1, 0.15) is 11.5 Å². The molecule has 0 aliphatic heterocycles. The minimum Gasteiger partial charge on any atom is -0.490 e. The zero-order chi connectivity index (χ0) is 17.8. The Morgan fingerprint density at radius 1 is 0.600 bits per heavy atom. The van der Waals surface area contributed by atoms with E-state index in [0.717, 1.165) is 28.0 Å². The van der Waals surface area contributed by atoms with E-state index in [1.807, 2.05) is 88.4 Å². The molecular weight excluding hydrogens is 312 g/mol. The van der Waals surface area contributed by atoms with Gasteiger partial charge in [0, 0.05) is 10.8 Å². The van der Waals surface area contributed by atoms with Crippen molar-refractivity contribution in [3.8, 4) is 23.0 Å². The largest absolute Gasteiger partial charge is 0.490 e. The third-order valence-corrected chi connectivity index (χ3v) is 3.62. The van der Waals surface area contributed by atoms with E-state index in [9.17, 15) is 0 Å². The highest BCUT2D eigenvalue weighted by atomic mass is 16.5. The first-order valence-corrected chi connectivity index (χ1v) is 8.66. The van der Waals surface area contributed by atoms with Gasteiger partial charge in [0.25, 0.3) is 0 Å². The van der Waals surface area contributed by atoms with Crippen LogP contribution in [0.25, 0.3) is 10.8 Å². The Balaban J connectivity index is 2.11. The molecule has 3 nitrogen and oxygen atoms in total. The van der Waals surface area contributed by atoms with Crippen LogP contribution in [0.15, 0.2) is 60.7 Å². The summed E-state index contributed by atoms with van der Waals surface area (Å²) >= 11 is 0. The van der Waals surface area contributed by atoms with E-state index in [1.54, 1.807) is 0 Å². The Hall–Kier alpha value is -2.68. The molecular formula is C22H24O3. The number of fused-ring (bicyclic) bond motifs is 1. The summed E-state index contributed by atoms with van der Waals surface area (Å²) in [5.41, 5.74) is 0. The molecule has 0 saturated heterocycles. The van der Waals surface area contributed by atoms with E-state index in [2.05, 4.69) is 0 Å². The highest BCUT2D eigenvalue weighted by Crippen LogP contribution is 2.41. The zero-order valence-corrected chi connectivity index (χ0v) is 15.2. The van der Waals surface area contributed by atoms with Gasteiger partial charge in [-0.2, -0.15) is 0 Å². The maximum atomic E-state index is 6.11. The average molecular weight is 336 g/mol. The van der Waals surface area contributed by atoms with Gasteiger partial charge in [-0.1, -0.05) is 30.3 Å². The summed E-state index contributed by atoms with van der Waals surface area (Å²) < 4.78 is 18.1. The van der Waals surface area contributed by atoms with Crippen LogP contribution < -0.4 is 14.2 Å². The Kier molecular flexibility index (Phi) is 5.13. The number of para-hydroxylation sites is 1. The highest BCUT2D eigenvalue weighted by Gasteiger charge is 2.15. The van der Waals surface area contributed by atoms with Crippen LogP contribution in [0, 0.1) is 0 Å². The molecule has 25 heavy (non-hydrogen) atoms. The van der Waals surface area contributed by atoms with Gasteiger partial charge in [0.05, 0.1) is 12.2 Å². The van der Waals surface area contributed by atoms with E-state index in [4.69, 9.17) is 14.2 Å². The standard InChI is InChI=1S/C22H24O3/c1-15(2)23-20-12-8-11-19-18(20)13-14-21(22(19)24-16(3)4)25-17-9-6-5-7-10-17/h5-16H,1-4H3. The van der Waals surface area contributed by atoms with Gasteiger partial charge in [0.2, 0.25) is 0 Å². The second-order valence-electron chi connectivity index (χ2n) is 6.49. The predicted molar refractivity (Wildman–Crippen MR) is 102 cm³/mol. The number of benzene rings is 3. The summed E-state index contributed by atoms with van der Waals surface area (Å²) in [5, 5.41) is 2.01. The lowest BCUT2D eigenvalue weighted by Crippen LogP contribution is -2.08. The maximum absolute atomic E-state index is 6.11. The van der Waals surface area contributed by atoms with Crippen LogP contribution in [0.2, 0.25) is 0 Å². The first-order chi connectivity index (χ1) is 12.0. The van der Waals surface area contributed by atoms with Crippen LogP contribution in [0.5, 0.6) is 23.0 Å². The van der Waals surface area contributed by atoms with Gasteiger partial charge >= 0.3 is 0 Å². The molecule has 0 aliphatic carbocycles. The van der Waals surface area contributed by atoms with Gasteiger partial charge in [0.15, 0.2) is 11.5 Å². The lowest BCUT2D eigenvalue weighted by Gasteiger charge is -2.19. The molecule has 0 unspecified atom stereocenters. The monoisotopic (exact) mass is 336 g/mol. The molecule has 0 amide bonds. The summed E-state index contributed by atoms with van der Waals surface area (Å²) in [4.78, 5) is 0. The van der Waals surface area contributed by atoms with E-state index in [0.29, 0.717) is 5.75 Å². The second kappa shape index (κ2) is 7.47. The molecule has 3 aromatic rings. The van der Waals surface area contributed by atoms with Crippen molar-refractivity contribution in [3.05, 3.63) is 60.7 Å². The quantitative estimate of drug-likeness (QED) is 0.536. The van der Waals surface area contributed by atoms with Crippen molar-refractivity contribution in [2.24, 2.45) is 0 Å². The van der Waals surface area contributed by atoms with E-state index >= 15 is 0 Å². The molecule has 0 aliphatic rings. The number of rotatable bonds is 6. The van der Waals surface area contributed by atoms with Gasteiger partial charge in [-0.25, -0.2) is 0 Å². The molecule has 0 saturated carbocycles. The molecule has 3 rings (SSSR count). The Morgan fingerprint density at radius 2 is 1.32 bits per heavy atom. The first kappa shape index (κ1) is 17.2. The van der Waals surface area contributed by atoms with E-state index in [-0.39, 0.29) is 12.2 Å². The lowest BCUT2D eigenvalue weighted by molar-refractivity contribution is 0.236. The molecule has 0 aromatic heterocycles. The summed E-state index contributed by atoms with van der Waals surface area (Å²) in [6.45, 7) is 8.08. The molecule has 0 fully saturated rings. The van der Waals surface area contributed by atoms with Crippen molar-refractivity contribution in [2.75, 3.05) is 0 Å². The molecule has 0 radical (unpaired) electrons. The fourth-order valence-corrected chi connectivity index (χ4v) is 2.69. The van der Waals surface area contributed by atoms with Crippen LogP contribution >= 0.6 is 0 Å². The van der Waals surface area contributed by atoms with Crippen molar-refractivity contribution >= 4 is 10.8 Å². The third-order valence-electron chi connectivity index (χ3n) is 3.62. The number of hydrogen-bond acceptors (Lipinski definition) is 3. The Bertz CT molecular complexity index is 839. The van der Waals surface area contributed by atoms with E-state index < -0.39 is 0 Å². The third kappa shape index (κ3) is 4.05. The first-order valence-electron chi connectivity index (χ1n) is 8.66. The fraction of sp³-hybridized carbons (Fsp3) is 0.273. The minimum absolute atomic E-state index is 0.0402. The zero-order valence-electron chi connectivity index (χ0n) is 15.2. The molecule has 3 heteroatoms. The molecule has 130 valence electrons. The van der Waals surface area contributed by atoms with Crippen molar-refractivity contribution in [3.63, 3.8) is 0 Å². The van der Waals surface area contributed by atoms with Gasteiger partial charge < -0.3 is 14.2 Å². The summed E-state index contributed by atoms with van der Waals surface area (Å²) in [6, 6.07) is 19.7. The number of hydrogen-bond donors (Lipinski definition) is 0. The lowest BCUT2D eigenvalue weighted by atomic mass is 10.1. The summed E-state index contributed by atoms with van der Waals surface area (Å²) in [5.74, 6) is 3.08. The molecule has 0 bridgehead atoms. The van der Waals surface area contributed by atoms with Crippen molar-refractivity contribution in [1.29, 1.82) is 0 Å². The Labute approximate surface area is 149 Å². The van der Waals surface area contributed by atoms with Gasteiger partial charge in [-0.15, -0.1) is 0 Å². The number of ether oxygens (including phenoxy) is 3. The van der Waals surface area contributed by atoms with Gasteiger partial charge in [-0.05, 0) is 58.0 Å². The van der Waals surface area contributed by atoms with Crippen molar-refractivity contribution in [1.82, 2.24) is 0 Å². The van der Waals surface area contributed by atoms with Crippen LogP contribution in [0.4, 0.5) is 0 Å². The Morgan fingerprint density at radius 3 is 2.00 bits per heavy atom.